The van der Waals surface area contributed by atoms with E-state index >= 15 is 19.2 Å². The zero-order valence-electron chi connectivity index (χ0n) is 50.6. The van der Waals surface area contributed by atoms with Crippen LogP contribution in [-0.2, 0) is 60.7 Å². The molecular formula is C62H94N8O11. The highest BCUT2D eigenvalue weighted by Gasteiger charge is 2.48. The van der Waals surface area contributed by atoms with Gasteiger partial charge in [-0.2, -0.15) is 0 Å². The lowest BCUT2D eigenvalue weighted by Crippen LogP contribution is -2.63. The summed E-state index contributed by atoms with van der Waals surface area (Å²) in [6.45, 7) is 17.3. The number of esters is 1. The van der Waals surface area contributed by atoms with E-state index in [2.05, 4.69) is 16.0 Å². The predicted molar refractivity (Wildman–Crippen MR) is 308 cm³/mol. The third kappa shape index (κ3) is 16.4. The van der Waals surface area contributed by atoms with Gasteiger partial charge < -0.3 is 50.3 Å². The van der Waals surface area contributed by atoms with Crippen LogP contribution in [0.5, 0.6) is 0 Å². The standard InChI is InChI=1S/C62H94N8O11/c1-15-40(8)48-59(77)67(12)49(38(4)5)54(72)63-44(34-37(2)3)57(75)69(14)52(62(9,10)80)61(79)81-51(43-30-23-18-24-31-43)60(78)68(13)50(39(6)7)55(73)64-45(35-41-26-19-16-20-27-41)56(74)66(11)47(36-42-28-21-17-22-29-42)58(76)70-33-25-32-46(70)53(71)65-48/h16-17,19-22,26-29,37-40,43-52,80H,15,18,23-25,30-36H2,1-14H3,(H,63,72)(H,64,73)(H,65,71)/t40-,44+,45+,46+,47+,48+,49+,50+,51-,52+/m1/s1. The molecule has 4 N–H and O–H groups in total. The van der Waals surface area contributed by atoms with E-state index in [-0.39, 0.29) is 38.1 Å². The Morgan fingerprint density at radius 1 is 0.580 bits per heavy atom. The van der Waals surface area contributed by atoms with E-state index in [4.69, 9.17) is 4.74 Å². The second-order valence-corrected chi connectivity index (χ2v) is 24.7. The molecule has 19 heteroatoms. The van der Waals surface area contributed by atoms with Gasteiger partial charge in [-0.15, -0.1) is 0 Å². The lowest BCUT2D eigenvalue weighted by Gasteiger charge is -2.40. The number of carbonyl (C=O) groups is 9. The second-order valence-electron chi connectivity index (χ2n) is 24.7. The molecule has 2 aromatic carbocycles. The van der Waals surface area contributed by atoms with Crippen LogP contribution in [0.3, 0.4) is 0 Å². The summed E-state index contributed by atoms with van der Waals surface area (Å²) < 4.78 is 6.28. The molecule has 0 unspecified atom stereocenters. The van der Waals surface area contributed by atoms with Gasteiger partial charge in [0.2, 0.25) is 41.4 Å². The van der Waals surface area contributed by atoms with Gasteiger partial charge in [0.05, 0.1) is 5.60 Å². The van der Waals surface area contributed by atoms with Gasteiger partial charge in [0.1, 0.15) is 42.3 Å². The zero-order valence-corrected chi connectivity index (χ0v) is 50.6. The van der Waals surface area contributed by atoms with Gasteiger partial charge in [0.15, 0.2) is 12.1 Å². The maximum absolute atomic E-state index is 15.4. The number of hydrogen-bond acceptors (Lipinski definition) is 11. The Morgan fingerprint density at radius 2 is 1.09 bits per heavy atom. The molecule has 0 aromatic heterocycles. The van der Waals surface area contributed by atoms with Gasteiger partial charge in [-0.25, -0.2) is 4.79 Å². The summed E-state index contributed by atoms with van der Waals surface area (Å²) in [6.07, 6.45) is 3.26. The number of aliphatic hydroxyl groups is 1. The van der Waals surface area contributed by atoms with Crippen LogP contribution < -0.4 is 16.0 Å². The average molecular weight is 1130 g/mol. The number of ether oxygens (including phenoxy) is 1. The number of carbonyl (C=O) groups excluding carboxylic acids is 9. The average Bonchev–Trinajstić information content (AvgIpc) is 3.95. The number of amides is 8. The van der Waals surface area contributed by atoms with Crippen LogP contribution in [0.4, 0.5) is 0 Å². The molecule has 0 bridgehead atoms. The molecule has 3 fully saturated rings. The van der Waals surface area contributed by atoms with Gasteiger partial charge in [-0.3, -0.25) is 38.4 Å². The van der Waals surface area contributed by atoms with Crippen molar-refractivity contribution in [2.45, 2.75) is 200 Å². The fourth-order valence-corrected chi connectivity index (χ4v) is 12.1. The molecule has 19 nitrogen and oxygen atoms in total. The minimum Gasteiger partial charge on any atom is -0.450 e. The van der Waals surface area contributed by atoms with Crippen molar-refractivity contribution in [2.75, 3.05) is 34.7 Å². The van der Waals surface area contributed by atoms with Gasteiger partial charge in [-0.05, 0) is 80.8 Å². The molecule has 3 aliphatic rings. The molecule has 0 radical (unpaired) electrons. The smallest absolute Gasteiger partial charge is 0.332 e. The van der Waals surface area contributed by atoms with E-state index < -0.39 is 137 Å². The van der Waals surface area contributed by atoms with Crippen molar-refractivity contribution in [3.05, 3.63) is 71.8 Å². The molecule has 448 valence electrons. The molecule has 5 rings (SSSR count). The molecule has 1 aliphatic carbocycles. The van der Waals surface area contributed by atoms with Crippen LogP contribution in [0.2, 0.25) is 0 Å². The minimum atomic E-state index is -1.96. The number of cyclic esters (lactones) is 1. The monoisotopic (exact) mass is 1130 g/mol. The van der Waals surface area contributed by atoms with Crippen LogP contribution in [0.25, 0.3) is 0 Å². The number of nitrogens with zero attached hydrogens (tertiary/aromatic N) is 5. The topological polar surface area (TPSA) is 235 Å². The first kappa shape index (κ1) is 65.4. The lowest BCUT2D eigenvalue weighted by molar-refractivity contribution is -0.178. The fraction of sp³-hybridized carbons (Fsp3) is 0.661. The first-order chi connectivity index (χ1) is 38.1. The quantitative estimate of drug-likeness (QED) is 0.209. The summed E-state index contributed by atoms with van der Waals surface area (Å²) in [5.74, 6) is -8.29. The zero-order chi connectivity index (χ0) is 60.2. The van der Waals surface area contributed by atoms with Crippen molar-refractivity contribution in [2.24, 2.45) is 29.6 Å². The Hall–Kier alpha value is -6.37. The van der Waals surface area contributed by atoms with Crippen LogP contribution in [0, 0.1) is 29.6 Å². The Morgan fingerprint density at radius 3 is 1.59 bits per heavy atom. The predicted octanol–water partition coefficient (Wildman–Crippen LogP) is 4.91. The van der Waals surface area contributed by atoms with E-state index in [1.807, 2.05) is 88.4 Å². The molecule has 8 amide bonds. The molecule has 1 saturated carbocycles. The number of likely N-dealkylation sites (N-methyl/N-ethyl adjacent to an activating group) is 4. The molecule has 2 aromatic rings. The molecule has 81 heavy (non-hydrogen) atoms. The van der Waals surface area contributed by atoms with Crippen molar-refractivity contribution in [1.29, 1.82) is 0 Å². The number of rotatable bonds is 12. The normalized spacial score (nSPS) is 27.1. The summed E-state index contributed by atoms with van der Waals surface area (Å²) in [5, 5.41) is 20.7. The maximum Gasteiger partial charge on any atom is 0.332 e. The highest BCUT2D eigenvalue weighted by atomic mass is 16.6. The first-order valence-corrected chi connectivity index (χ1v) is 29.4. The Balaban J connectivity index is 1.70. The highest BCUT2D eigenvalue weighted by Crippen LogP contribution is 2.32. The van der Waals surface area contributed by atoms with Crippen LogP contribution in [-0.4, -0.2) is 178 Å². The Labute approximate surface area is 481 Å². The van der Waals surface area contributed by atoms with Crippen molar-refractivity contribution in [3.8, 4) is 0 Å². The van der Waals surface area contributed by atoms with Gasteiger partial charge in [0.25, 0.3) is 5.91 Å². The molecule has 10 atom stereocenters. The van der Waals surface area contributed by atoms with Crippen LogP contribution in [0.1, 0.15) is 138 Å². The van der Waals surface area contributed by atoms with E-state index in [9.17, 15) is 29.1 Å². The SMILES string of the molecule is CC[C@@H](C)[C@@H]1NC(=O)[C@@H]2CCCN2C(=O)[C@H](Cc2ccccc2)N(C)C(=O)[C@H](Cc2ccccc2)NC(=O)[C@H](C(C)C)N(C)C(=O)[C@@H](C2CCCCC2)OC(=O)[C@@H](C(C)(C)O)N(C)C(=O)[C@H](CC(C)C)NC(=O)[C@H](C(C)C)N(C)C1=O. The number of nitrogens with one attached hydrogen (secondary N) is 3. The second kappa shape index (κ2) is 29.0. The van der Waals surface area contributed by atoms with Crippen LogP contribution >= 0.6 is 0 Å². The maximum atomic E-state index is 15.4. The number of benzene rings is 2. The molecular weight excluding hydrogens is 1030 g/mol. The van der Waals surface area contributed by atoms with E-state index in [0.717, 1.165) is 29.7 Å². The molecule has 2 heterocycles. The summed E-state index contributed by atoms with van der Waals surface area (Å²) in [5.41, 5.74) is -0.524. The van der Waals surface area contributed by atoms with Gasteiger partial charge in [-0.1, -0.05) is 142 Å². The van der Waals surface area contributed by atoms with E-state index in [1.165, 1.54) is 61.6 Å². The van der Waals surface area contributed by atoms with Crippen molar-refractivity contribution >= 4 is 53.2 Å². The van der Waals surface area contributed by atoms with Gasteiger partial charge in [0, 0.05) is 53.5 Å². The van der Waals surface area contributed by atoms with Gasteiger partial charge >= 0.3 is 5.97 Å². The fourth-order valence-electron chi connectivity index (χ4n) is 12.1. The molecule has 0 spiro atoms. The first-order valence-electron chi connectivity index (χ1n) is 29.4. The van der Waals surface area contributed by atoms with Crippen LogP contribution in [0.15, 0.2) is 60.7 Å². The van der Waals surface area contributed by atoms with Crippen molar-refractivity contribution in [1.82, 2.24) is 40.4 Å². The summed E-state index contributed by atoms with van der Waals surface area (Å²) in [6, 6.07) is 8.26. The summed E-state index contributed by atoms with van der Waals surface area (Å²) >= 11 is 0. The Kier molecular flexibility index (Phi) is 23.5. The summed E-state index contributed by atoms with van der Waals surface area (Å²) in [7, 11) is 5.76. The highest BCUT2D eigenvalue weighted by molar-refractivity contribution is 5.99. The lowest BCUT2D eigenvalue weighted by atomic mass is 9.84. The third-order valence-electron chi connectivity index (χ3n) is 16.7. The van der Waals surface area contributed by atoms with Crippen molar-refractivity contribution in [3.63, 3.8) is 0 Å². The van der Waals surface area contributed by atoms with E-state index in [1.54, 1.807) is 27.7 Å². The Bertz CT molecular complexity index is 2500. The van der Waals surface area contributed by atoms with E-state index in [0.29, 0.717) is 31.2 Å². The molecule has 2 aliphatic heterocycles. The number of fused-ring (bicyclic) bond motifs is 1. The largest absolute Gasteiger partial charge is 0.450 e. The molecule has 2 saturated heterocycles. The third-order valence-corrected chi connectivity index (χ3v) is 16.7. The van der Waals surface area contributed by atoms with Crippen molar-refractivity contribution < 1.29 is 53.0 Å². The number of hydrogen-bond donors (Lipinski definition) is 4. The minimum absolute atomic E-state index is 0.00237. The summed E-state index contributed by atoms with van der Waals surface area (Å²) in [4.78, 5) is 142.